The predicted octanol–water partition coefficient (Wildman–Crippen LogP) is 8.05. The van der Waals surface area contributed by atoms with Crippen LogP contribution < -0.4 is 9.64 Å². The highest BCUT2D eigenvalue weighted by molar-refractivity contribution is 8.49. The molecule has 0 aliphatic carbocycles. The molecule has 1 atom stereocenters. The van der Waals surface area contributed by atoms with Gasteiger partial charge in [0.1, 0.15) is 5.75 Å². The van der Waals surface area contributed by atoms with Crippen molar-refractivity contribution in [3.05, 3.63) is 83.4 Å². The quantitative estimate of drug-likeness (QED) is 0.187. The number of hydrogen-bond acceptors (Lipinski definition) is 5. The number of carbonyl (C=O) groups is 1. The standard InChI is InChI=1S/C25H21ClF2NO3PS/c1-4-25(27,28)32-22-11-16(10-18(15(22)2)24(30)31-3)19-12-23-21(13-20(19)26)29(14-33-34-23)17-8-6-5-7-9-17/h4-13,33H,1,14H2,2-3H3. The molecule has 1 heterocycles. The van der Waals surface area contributed by atoms with Crippen LogP contribution in [0.25, 0.3) is 11.1 Å². The number of esters is 1. The first-order valence-electron chi connectivity index (χ1n) is 10.2. The number of hydrogen-bond donors (Lipinski definition) is 0. The molecule has 0 N–H and O–H groups in total. The summed E-state index contributed by atoms with van der Waals surface area (Å²) in [5, 5.41) is 0.423. The maximum absolute atomic E-state index is 14.0. The minimum absolute atomic E-state index is 0.115. The summed E-state index contributed by atoms with van der Waals surface area (Å²) < 4.78 is 37.7. The van der Waals surface area contributed by atoms with Crippen LogP contribution in [0.15, 0.2) is 72.1 Å². The van der Waals surface area contributed by atoms with Crippen molar-refractivity contribution < 1.29 is 23.0 Å². The van der Waals surface area contributed by atoms with E-state index in [9.17, 15) is 13.6 Å². The normalized spacial score (nSPS) is 14.0. The van der Waals surface area contributed by atoms with Crippen molar-refractivity contribution in [1.82, 2.24) is 0 Å². The van der Waals surface area contributed by atoms with Gasteiger partial charge in [0.05, 0.1) is 23.4 Å². The summed E-state index contributed by atoms with van der Waals surface area (Å²) in [5.41, 5.74) is 3.45. The maximum atomic E-state index is 14.0. The Morgan fingerprint density at radius 2 is 1.97 bits per heavy atom. The third-order valence-electron chi connectivity index (χ3n) is 5.37. The number of halogens is 3. The van der Waals surface area contributed by atoms with Crippen LogP contribution in [0.4, 0.5) is 20.2 Å². The van der Waals surface area contributed by atoms with Crippen molar-refractivity contribution >= 4 is 48.1 Å². The lowest BCUT2D eigenvalue weighted by molar-refractivity contribution is -0.131. The first-order valence-corrected chi connectivity index (χ1v) is 13.4. The number of anilines is 2. The number of carbonyl (C=O) groups excluding carboxylic acids is 1. The molecule has 0 spiro atoms. The fourth-order valence-electron chi connectivity index (χ4n) is 3.61. The van der Waals surface area contributed by atoms with Gasteiger partial charge in [-0.1, -0.05) is 47.8 Å². The second-order valence-corrected chi connectivity index (χ2v) is 10.6. The highest BCUT2D eigenvalue weighted by Gasteiger charge is 2.29. The van der Waals surface area contributed by atoms with Gasteiger partial charge in [0.15, 0.2) is 0 Å². The Kier molecular flexibility index (Phi) is 7.17. The molecule has 1 unspecified atom stereocenters. The lowest BCUT2D eigenvalue weighted by Gasteiger charge is -2.31. The fourth-order valence-corrected chi connectivity index (χ4v) is 6.57. The molecule has 3 aromatic rings. The van der Waals surface area contributed by atoms with Crippen molar-refractivity contribution in [2.75, 3.05) is 18.3 Å². The van der Waals surface area contributed by atoms with E-state index in [0.717, 1.165) is 22.6 Å². The lowest BCUT2D eigenvalue weighted by atomic mass is 9.98. The molecule has 1 aliphatic rings. The summed E-state index contributed by atoms with van der Waals surface area (Å²) in [4.78, 5) is 15.6. The van der Waals surface area contributed by atoms with Gasteiger partial charge in [-0.05, 0) is 56.7 Å². The largest absolute Gasteiger partial charge is 0.465 e. The second-order valence-electron chi connectivity index (χ2n) is 7.47. The number of nitrogens with zero attached hydrogens (tertiary/aromatic N) is 1. The number of ether oxygens (including phenoxy) is 2. The Morgan fingerprint density at radius 1 is 1.24 bits per heavy atom. The fraction of sp³-hybridized carbons (Fsp3) is 0.160. The Morgan fingerprint density at radius 3 is 2.65 bits per heavy atom. The molecule has 0 saturated heterocycles. The van der Waals surface area contributed by atoms with E-state index in [0.29, 0.717) is 30.0 Å². The van der Waals surface area contributed by atoms with E-state index in [4.69, 9.17) is 21.1 Å². The van der Waals surface area contributed by atoms with Crippen LogP contribution >= 0.6 is 30.8 Å². The molecule has 34 heavy (non-hydrogen) atoms. The molecule has 3 aromatic carbocycles. The molecular formula is C25H21ClF2NO3PS. The summed E-state index contributed by atoms with van der Waals surface area (Å²) in [5.74, 6) is -0.816. The van der Waals surface area contributed by atoms with E-state index < -0.39 is 12.1 Å². The highest BCUT2D eigenvalue weighted by Crippen LogP contribution is 2.53. The summed E-state index contributed by atoms with van der Waals surface area (Å²) in [7, 11) is 1.83. The number of rotatable bonds is 6. The van der Waals surface area contributed by atoms with E-state index in [1.54, 1.807) is 17.4 Å². The number of methoxy groups -OCH3 is 1. The average Bonchev–Trinajstić information content (AvgIpc) is 2.84. The summed E-state index contributed by atoms with van der Waals surface area (Å²) in [6.45, 7) is 4.63. The Balaban J connectivity index is 1.84. The van der Waals surface area contributed by atoms with Gasteiger partial charge in [-0.25, -0.2) is 4.79 Å². The zero-order valence-electron chi connectivity index (χ0n) is 18.4. The van der Waals surface area contributed by atoms with Crippen LogP contribution in [-0.4, -0.2) is 25.5 Å². The summed E-state index contributed by atoms with van der Waals surface area (Å²) in [6, 6.07) is 16.8. The molecule has 176 valence electrons. The second kappa shape index (κ2) is 9.95. The van der Waals surface area contributed by atoms with Crippen molar-refractivity contribution in [3.8, 4) is 16.9 Å². The van der Waals surface area contributed by atoms with Crippen LogP contribution in [0.3, 0.4) is 0 Å². The molecule has 4 nitrogen and oxygen atoms in total. The minimum Gasteiger partial charge on any atom is -0.465 e. The van der Waals surface area contributed by atoms with E-state index in [1.807, 2.05) is 42.5 Å². The van der Waals surface area contributed by atoms with Crippen LogP contribution in [0.1, 0.15) is 15.9 Å². The number of alkyl halides is 2. The van der Waals surface area contributed by atoms with Gasteiger partial charge in [-0.3, -0.25) is 0 Å². The molecule has 9 heteroatoms. The van der Waals surface area contributed by atoms with Crippen LogP contribution in [0.2, 0.25) is 5.02 Å². The van der Waals surface area contributed by atoms with Gasteiger partial charge >= 0.3 is 12.1 Å². The Labute approximate surface area is 207 Å². The van der Waals surface area contributed by atoms with Gasteiger partial charge in [0.2, 0.25) is 0 Å². The number of benzene rings is 3. The molecular weight excluding hydrogens is 499 g/mol. The van der Waals surface area contributed by atoms with Crippen molar-refractivity contribution in [2.24, 2.45) is 0 Å². The first kappa shape index (κ1) is 24.5. The minimum atomic E-state index is -3.61. The molecule has 0 aromatic heterocycles. The topological polar surface area (TPSA) is 38.8 Å². The zero-order valence-corrected chi connectivity index (χ0v) is 21.0. The monoisotopic (exact) mass is 519 g/mol. The first-order chi connectivity index (χ1) is 16.2. The van der Waals surface area contributed by atoms with Crippen molar-refractivity contribution in [2.45, 2.75) is 17.9 Å². The highest BCUT2D eigenvalue weighted by atomic mass is 35.5. The summed E-state index contributed by atoms with van der Waals surface area (Å²) >= 11 is 8.42. The predicted molar refractivity (Wildman–Crippen MR) is 136 cm³/mol. The molecule has 0 fully saturated rings. The van der Waals surface area contributed by atoms with Crippen LogP contribution in [-0.2, 0) is 4.74 Å². The van der Waals surface area contributed by atoms with Crippen LogP contribution in [0.5, 0.6) is 5.75 Å². The van der Waals surface area contributed by atoms with E-state index in [1.165, 1.54) is 20.1 Å². The van der Waals surface area contributed by atoms with Gasteiger partial charge in [-0.15, -0.1) is 0 Å². The molecule has 0 bridgehead atoms. The SMILES string of the molecule is C=CC(F)(F)Oc1cc(-c2cc3c(cc2Cl)N(c2ccccc2)CPS3)cc(C(=O)OC)c1C. The lowest BCUT2D eigenvalue weighted by Crippen LogP contribution is -2.22. The third kappa shape index (κ3) is 4.92. The number of fused-ring (bicyclic) bond motifs is 1. The molecule has 0 radical (unpaired) electrons. The molecule has 0 saturated carbocycles. The van der Waals surface area contributed by atoms with Gasteiger partial charge < -0.3 is 14.4 Å². The molecule has 0 amide bonds. The molecule has 1 aliphatic heterocycles. The average molecular weight is 520 g/mol. The van der Waals surface area contributed by atoms with E-state index >= 15 is 0 Å². The molecule has 4 rings (SSSR count). The van der Waals surface area contributed by atoms with Crippen molar-refractivity contribution in [1.29, 1.82) is 0 Å². The number of para-hydroxylation sites is 1. The maximum Gasteiger partial charge on any atom is 0.419 e. The van der Waals surface area contributed by atoms with E-state index in [-0.39, 0.29) is 16.9 Å². The van der Waals surface area contributed by atoms with Crippen LogP contribution in [0, 0.1) is 6.92 Å². The summed E-state index contributed by atoms with van der Waals surface area (Å²) in [6.07, 6.45) is -2.36. The van der Waals surface area contributed by atoms with Crippen molar-refractivity contribution in [3.63, 3.8) is 0 Å². The smallest absolute Gasteiger partial charge is 0.419 e. The Bertz CT molecular complexity index is 1260. The van der Waals surface area contributed by atoms with E-state index in [2.05, 4.69) is 11.5 Å². The van der Waals surface area contributed by atoms with Gasteiger partial charge in [0.25, 0.3) is 0 Å². The van der Waals surface area contributed by atoms with Gasteiger partial charge in [0, 0.05) is 34.1 Å². The third-order valence-corrected chi connectivity index (χ3v) is 8.30. The Hall–Kier alpha value is -2.60. The van der Waals surface area contributed by atoms with Gasteiger partial charge in [-0.2, -0.15) is 8.78 Å². The zero-order chi connectivity index (χ0) is 24.5.